The molecule has 2 saturated heterocycles. The molecule has 4 N–H and O–H groups in total. The van der Waals surface area contributed by atoms with Gasteiger partial charge in [-0.2, -0.15) is 19.6 Å². The van der Waals surface area contributed by atoms with Crippen LogP contribution >= 0.6 is 15.0 Å². The van der Waals surface area contributed by atoms with Crippen LogP contribution in [0.4, 0.5) is 16.2 Å². The van der Waals surface area contributed by atoms with Gasteiger partial charge in [-0.15, -0.1) is 14.7 Å². The molecule has 2 amide bonds. The maximum Gasteiger partial charge on any atom is 0.488 e. The summed E-state index contributed by atoms with van der Waals surface area (Å²) >= 11 is 6.05. The number of halogens is 1. The Morgan fingerprint density at radius 1 is 0.844 bits per heavy atom. The molecular weight excluding hydrogens is 1230 g/mol. The van der Waals surface area contributed by atoms with Gasteiger partial charge in [-0.25, -0.2) is 19.3 Å². The van der Waals surface area contributed by atoms with E-state index in [1.807, 2.05) is 91.3 Å². The molecule has 11 rings (SSSR count). The summed E-state index contributed by atoms with van der Waals surface area (Å²) in [4.78, 5) is 69.3. The molecular formula is C58H58FN14O14P2S+. The summed E-state index contributed by atoms with van der Waals surface area (Å²) in [6.07, 6.45) is -6.46. The van der Waals surface area contributed by atoms with E-state index < -0.39 is 100 Å². The third-order valence-corrected chi connectivity index (χ3v) is 16.9. The zero-order chi connectivity index (χ0) is 63.4. The average molecular weight is 1290 g/mol. The summed E-state index contributed by atoms with van der Waals surface area (Å²) in [6.45, 7) is -2.36. The number of nitriles is 1. The van der Waals surface area contributed by atoms with Gasteiger partial charge in [0.25, 0.3) is 11.5 Å². The molecule has 2 aliphatic rings. The van der Waals surface area contributed by atoms with Gasteiger partial charge in [-0.1, -0.05) is 103 Å². The first-order valence-corrected chi connectivity index (χ1v) is 31.5. The Balaban J connectivity index is 0.00000140. The summed E-state index contributed by atoms with van der Waals surface area (Å²) in [5.74, 6) is -0.620. The van der Waals surface area contributed by atoms with Gasteiger partial charge in [0.05, 0.1) is 52.6 Å². The van der Waals surface area contributed by atoms with E-state index in [-0.39, 0.29) is 53.5 Å². The van der Waals surface area contributed by atoms with E-state index in [1.165, 1.54) is 0 Å². The Labute approximate surface area is 518 Å². The van der Waals surface area contributed by atoms with E-state index in [0.717, 1.165) is 15.7 Å². The number of alkyl halides is 1. The van der Waals surface area contributed by atoms with Crippen molar-refractivity contribution in [1.82, 2.24) is 49.9 Å². The topological polar surface area (TPSA) is 352 Å². The number of aromatic amines is 2. The molecule has 2 unspecified atom stereocenters. The molecule has 2 aliphatic heterocycles. The number of aromatic nitrogens is 11. The summed E-state index contributed by atoms with van der Waals surface area (Å²) in [7, 11) is -0.434. The van der Waals surface area contributed by atoms with E-state index >= 15 is 4.39 Å². The van der Waals surface area contributed by atoms with E-state index in [2.05, 4.69) is 56.2 Å². The molecule has 0 saturated carbocycles. The number of anilines is 2. The maximum absolute atomic E-state index is 18.1. The number of fused-ring (bicyclic) bond motifs is 2. The molecule has 2 fully saturated rings. The summed E-state index contributed by atoms with van der Waals surface area (Å²) < 4.78 is 87.8. The lowest BCUT2D eigenvalue weighted by atomic mass is 9.80. The van der Waals surface area contributed by atoms with Crippen LogP contribution in [-0.2, 0) is 59.1 Å². The third-order valence-electron chi connectivity index (χ3n) is 14.1. The van der Waals surface area contributed by atoms with Crippen LogP contribution < -0.4 is 35.5 Å². The standard InChI is InChI=1S/C53H52FN13O14P2S.C5H5N/c1-30(2)47(68)60-52-59-46-42(49(70)61-52)63-65-67(46)50-38(80-82(71)72)26-37(78-50)27-77-83(84,76-25-11-24-55)81-43-39(79-51(40(43)54)66-45-41(62-64-66)44(56-29-57-45)58-48(69)31-12-7-5-8-13-31)28-75-53(32-14-9-6-10-15-32,33-16-20-35(73-3)21-17-33)34-18-22-36(74-4)23-19-34;1-2-4-6-5-3-1/h5-10,12-23,29-30,37-40,43,50-51H,11,25-28H2,1-4H3,(H,56,57,58,69)(H2,59,60,61,68,70);1-5H/p+1/t37-,38-,39+,40-,43+,50+,51+,83?;/m0./s1. The second-order valence-corrected chi connectivity index (χ2v) is 23.8. The van der Waals surface area contributed by atoms with Crippen LogP contribution in [0.25, 0.3) is 22.3 Å². The number of methoxy groups -OCH3 is 2. The zero-order valence-electron chi connectivity index (χ0n) is 48.4. The van der Waals surface area contributed by atoms with Crippen LogP contribution in [0.2, 0.25) is 0 Å². The van der Waals surface area contributed by atoms with E-state index in [4.69, 9.17) is 53.6 Å². The number of benzene rings is 4. The van der Waals surface area contributed by atoms with Crippen molar-refractivity contribution in [2.24, 2.45) is 5.92 Å². The van der Waals surface area contributed by atoms with Crippen molar-refractivity contribution in [2.75, 3.05) is 44.7 Å². The lowest BCUT2D eigenvalue weighted by Gasteiger charge is -2.37. The fraction of sp³-hybridized carbons (Fsp3) is 0.310. The Kier molecular flexibility index (Phi) is 20.8. The van der Waals surface area contributed by atoms with Crippen LogP contribution in [0.15, 0.2) is 151 Å². The normalized spacial score (nSPS) is 19.8. The van der Waals surface area contributed by atoms with Crippen molar-refractivity contribution in [1.29, 1.82) is 5.26 Å². The number of nitrogens with one attached hydrogen (secondary N) is 4. The van der Waals surface area contributed by atoms with Crippen LogP contribution in [-0.4, -0.2) is 126 Å². The number of hydrogen-bond acceptors (Lipinski definition) is 23. The van der Waals surface area contributed by atoms with Crippen molar-refractivity contribution in [3.05, 3.63) is 179 Å². The predicted molar refractivity (Wildman–Crippen MR) is 319 cm³/mol. The van der Waals surface area contributed by atoms with Gasteiger partial charge in [0.2, 0.25) is 11.9 Å². The van der Waals surface area contributed by atoms with Gasteiger partial charge in [-0.05, 0) is 69.5 Å². The highest BCUT2D eigenvalue weighted by molar-refractivity contribution is 8.07. The smallest absolute Gasteiger partial charge is 0.488 e. The molecule has 9 aromatic rings. The van der Waals surface area contributed by atoms with Crippen LogP contribution in [0.1, 0.15) is 66.2 Å². The van der Waals surface area contributed by atoms with Gasteiger partial charge in [0.15, 0.2) is 65.3 Å². The highest BCUT2D eigenvalue weighted by Gasteiger charge is 2.53. The predicted octanol–water partition coefficient (Wildman–Crippen LogP) is 6.61. The second-order valence-electron chi connectivity index (χ2n) is 20.2. The molecule has 4 aromatic carbocycles. The van der Waals surface area contributed by atoms with Crippen LogP contribution in [0.3, 0.4) is 0 Å². The van der Waals surface area contributed by atoms with Crippen molar-refractivity contribution in [2.45, 2.75) is 75.3 Å². The molecule has 28 nitrogen and oxygen atoms in total. The fourth-order valence-electron chi connectivity index (χ4n) is 9.77. The quantitative estimate of drug-likeness (QED) is 0.0325. The first kappa shape index (κ1) is 64.2. The molecule has 5 aromatic heterocycles. The number of ether oxygens (including phenoxy) is 5. The highest BCUT2D eigenvalue weighted by atomic mass is 32.5. The zero-order valence-corrected chi connectivity index (χ0v) is 51.0. The number of H-pyrrole nitrogens is 2. The van der Waals surface area contributed by atoms with E-state index in [0.29, 0.717) is 33.8 Å². The van der Waals surface area contributed by atoms with Crippen LogP contribution in [0.5, 0.6) is 11.5 Å². The second kappa shape index (κ2) is 29.2. The summed E-state index contributed by atoms with van der Waals surface area (Å²) in [5.41, 5.74) is -0.538. The summed E-state index contributed by atoms with van der Waals surface area (Å²) in [5, 5.41) is 31.3. The number of nitrogens with zero attached hydrogens (tertiary/aromatic N) is 10. The average Bonchev–Trinajstić information content (AvgIpc) is 1.33. The lowest BCUT2D eigenvalue weighted by molar-refractivity contribution is -0.378. The van der Waals surface area contributed by atoms with Gasteiger partial charge in [0, 0.05) is 30.0 Å². The number of amides is 2. The minimum Gasteiger partial charge on any atom is -0.566 e. The van der Waals surface area contributed by atoms with Gasteiger partial charge in [0.1, 0.15) is 35.6 Å². The van der Waals surface area contributed by atoms with E-state index in [1.54, 1.807) is 82.7 Å². The largest absolute Gasteiger partial charge is 0.566 e. The Morgan fingerprint density at radius 2 is 1.47 bits per heavy atom. The molecule has 0 aliphatic carbocycles. The van der Waals surface area contributed by atoms with Crippen molar-refractivity contribution in [3.63, 3.8) is 0 Å². The molecule has 0 radical (unpaired) electrons. The minimum absolute atomic E-state index is 0.0105. The van der Waals surface area contributed by atoms with E-state index in [9.17, 15) is 29.1 Å². The first-order chi connectivity index (χ1) is 43.6. The summed E-state index contributed by atoms with van der Waals surface area (Å²) in [6, 6.07) is 39.9. The SMILES string of the molecule is COc1ccc(C(OC[C@H]2O[C@@H](n3nnc4c(NC(=O)c5ccccc5)ncnc43)[C@@H](F)[C@@H]2OP(=S)(OCCC#N)OC[C@@H]2C[C@H](O[P+](=O)[O-])[C@H](n3nnc4c(=O)[nH]c(NC(=O)C(C)C)nc43)O2)(c2ccccc2)c2ccc(OC)cc2)cc1.c1cc[nH+]cc1. The number of pyridine rings is 1. The first-order valence-electron chi connectivity index (χ1n) is 27.8. The minimum atomic E-state index is -4.30. The van der Waals surface area contributed by atoms with Crippen LogP contribution in [0, 0.1) is 17.2 Å². The molecule has 9 atom stereocenters. The van der Waals surface area contributed by atoms with Crippen molar-refractivity contribution < 1.29 is 70.2 Å². The maximum atomic E-state index is 18.1. The molecule has 0 spiro atoms. The molecule has 0 bridgehead atoms. The van der Waals surface area contributed by atoms with Crippen molar-refractivity contribution in [3.8, 4) is 17.6 Å². The van der Waals surface area contributed by atoms with Gasteiger partial charge in [-0.3, -0.25) is 29.2 Å². The Morgan fingerprint density at radius 3 is 2.07 bits per heavy atom. The molecule has 32 heteroatoms. The molecule has 7 heterocycles. The highest BCUT2D eigenvalue weighted by Crippen LogP contribution is 2.55. The third kappa shape index (κ3) is 14.6. The molecule has 90 heavy (non-hydrogen) atoms. The van der Waals surface area contributed by atoms with Crippen molar-refractivity contribution >= 4 is 72.7 Å². The number of hydrogen-bond donors (Lipinski definition) is 3. The Bertz CT molecular complexity index is 4010. The monoisotopic (exact) mass is 1290 g/mol. The molecule has 466 valence electrons. The van der Waals surface area contributed by atoms with Gasteiger partial charge < -0.3 is 42.9 Å². The Hall–Kier alpha value is -8.82. The fourth-order valence-corrected chi connectivity index (χ4v) is 12.3. The number of carbonyl (C=O) groups is 2. The van der Waals surface area contributed by atoms with Gasteiger partial charge >= 0.3 is 15.0 Å². The lowest BCUT2D eigenvalue weighted by Crippen LogP contribution is -2.40. The number of rotatable bonds is 24. The number of carbonyl (C=O) groups excluding carboxylic acids is 2.